The maximum atomic E-state index is 3.27. The third kappa shape index (κ3) is 2.90. The summed E-state index contributed by atoms with van der Waals surface area (Å²) in [4.78, 5) is 0. The summed E-state index contributed by atoms with van der Waals surface area (Å²) >= 11 is 0. The van der Waals surface area contributed by atoms with Gasteiger partial charge < -0.3 is 5.32 Å². The van der Waals surface area contributed by atoms with Crippen LogP contribution in [-0.2, 0) is 0 Å². The van der Waals surface area contributed by atoms with Gasteiger partial charge in [-0.25, -0.2) is 0 Å². The van der Waals surface area contributed by atoms with Gasteiger partial charge in [0.1, 0.15) is 0 Å². The molecular formula is C16H25N. The highest BCUT2D eigenvalue weighted by atomic mass is 14.8. The van der Waals surface area contributed by atoms with E-state index in [-0.39, 0.29) is 0 Å². The van der Waals surface area contributed by atoms with Gasteiger partial charge in [0.05, 0.1) is 0 Å². The predicted octanol–water partition coefficient (Wildman–Crippen LogP) is 3.91. The summed E-state index contributed by atoms with van der Waals surface area (Å²) in [5, 5.41) is 3.27. The zero-order valence-electron chi connectivity index (χ0n) is 11.4. The third-order valence-corrected chi connectivity index (χ3v) is 4.42. The van der Waals surface area contributed by atoms with E-state index in [1.54, 1.807) is 5.56 Å². The van der Waals surface area contributed by atoms with Crippen LogP contribution in [0.15, 0.2) is 24.3 Å². The normalized spacial score (nSPS) is 19.7. The van der Waals surface area contributed by atoms with E-state index in [9.17, 15) is 0 Å². The van der Waals surface area contributed by atoms with E-state index in [1.165, 1.54) is 24.8 Å². The average Bonchev–Trinajstić information content (AvgIpc) is 2.27. The van der Waals surface area contributed by atoms with E-state index in [2.05, 4.69) is 43.4 Å². The highest BCUT2D eigenvalue weighted by Gasteiger charge is 2.20. The van der Waals surface area contributed by atoms with Gasteiger partial charge in [0.2, 0.25) is 0 Å². The van der Waals surface area contributed by atoms with Crippen molar-refractivity contribution in [3.8, 4) is 0 Å². The molecule has 0 spiro atoms. The van der Waals surface area contributed by atoms with Crippen molar-refractivity contribution in [3.63, 3.8) is 0 Å². The van der Waals surface area contributed by atoms with Crippen LogP contribution in [0.3, 0.4) is 0 Å². The molecule has 1 aromatic rings. The van der Waals surface area contributed by atoms with Gasteiger partial charge >= 0.3 is 0 Å². The van der Waals surface area contributed by atoms with Gasteiger partial charge in [0, 0.05) is 0 Å². The van der Waals surface area contributed by atoms with Crippen LogP contribution in [0.25, 0.3) is 0 Å². The van der Waals surface area contributed by atoms with Gasteiger partial charge in [-0.2, -0.15) is 0 Å². The van der Waals surface area contributed by atoms with E-state index >= 15 is 0 Å². The van der Waals surface area contributed by atoms with Crippen molar-refractivity contribution >= 4 is 0 Å². The van der Waals surface area contributed by atoms with Crippen LogP contribution in [0.2, 0.25) is 0 Å². The van der Waals surface area contributed by atoms with Crippen LogP contribution >= 0.6 is 0 Å². The molecular weight excluding hydrogens is 206 g/mol. The van der Waals surface area contributed by atoms with Crippen molar-refractivity contribution < 1.29 is 0 Å². The van der Waals surface area contributed by atoms with Gasteiger partial charge in [-0.1, -0.05) is 44.5 Å². The molecule has 0 aliphatic heterocycles. The minimum Gasteiger partial charge on any atom is -0.319 e. The molecule has 1 aromatic carbocycles. The molecule has 1 nitrogen and oxygen atoms in total. The molecule has 2 unspecified atom stereocenters. The second-order valence-corrected chi connectivity index (χ2v) is 5.62. The van der Waals surface area contributed by atoms with E-state index in [0.717, 1.165) is 12.5 Å². The van der Waals surface area contributed by atoms with Crippen molar-refractivity contribution in [3.05, 3.63) is 35.4 Å². The van der Waals surface area contributed by atoms with Gasteiger partial charge in [0.25, 0.3) is 0 Å². The molecule has 0 saturated heterocycles. The second kappa shape index (κ2) is 5.68. The Morgan fingerprint density at radius 2 is 1.82 bits per heavy atom. The SMILES string of the molecule is CNCC(C)C(C)c1ccc(C2CCC2)cc1. The van der Waals surface area contributed by atoms with Crippen molar-refractivity contribution in [2.24, 2.45) is 5.92 Å². The van der Waals surface area contributed by atoms with Crippen LogP contribution in [0.5, 0.6) is 0 Å². The smallest absolute Gasteiger partial charge is 0.00204 e. The summed E-state index contributed by atoms with van der Waals surface area (Å²) < 4.78 is 0. The average molecular weight is 231 g/mol. The van der Waals surface area contributed by atoms with Gasteiger partial charge in [-0.15, -0.1) is 0 Å². The molecule has 1 heteroatoms. The van der Waals surface area contributed by atoms with E-state index < -0.39 is 0 Å². The summed E-state index contributed by atoms with van der Waals surface area (Å²) in [6.07, 6.45) is 4.21. The summed E-state index contributed by atoms with van der Waals surface area (Å²) in [5.74, 6) is 2.18. The quantitative estimate of drug-likeness (QED) is 0.810. The minimum atomic E-state index is 0.637. The van der Waals surface area contributed by atoms with E-state index in [4.69, 9.17) is 0 Å². The molecule has 1 fully saturated rings. The first-order valence-corrected chi connectivity index (χ1v) is 6.97. The molecule has 94 valence electrons. The highest BCUT2D eigenvalue weighted by molar-refractivity contribution is 5.28. The topological polar surface area (TPSA) is 12.0 Å². The molecule has 0 aromatic heterocycles. The lowest BCUT2D eigenvalue weighted by Crippen LogP contribution is -2.20. The van der Waals surface area contributed by atoms with Crippen molar-refractivity contribution in [2.75, 3.05) is 13.6 Å². The molecule has 1 aliphatic carbocycles. The van der Waals surface area contributed by atoms with Gasteiger partial charge in [0.15, 0.2) is 0 Å². The molecule has 1 saturated carbocycles. The first-order chi connectivity index (χ1) is 8.22. The number of hydrogen-bond donors (Lipinski definition) is 1. The van der Waals surface area contributed by atoms with Crippen molar-refractivity contribution in [1.82, 2.24) is 5.32 Å². The molecule has 2 rings (SSSR count). The lowest BCUT2D eigenvalue weighted by molar-refractivity contribution is 0.419. The molecule has 0 heterocycles. The maximum Gasteiger partial charge on any atom is -0.00204 e. The Morgan fingerprint density at radius 3 is 2.29 bits per heavy atom. The Labute approximate surface area is 106 Å². The zero-order valence-corrected chi connectivity index (χ0v) is 11.4. The van der Waals surface area contributed by atoms with E-state index in [0.29, 0.717) is 11.8 Å². The summed E-state index contributed by atoms with van der Waals surface area (Å²) in [7, 11) is 2.03. The molecule has 2 atom stereocenters. The van der Waals surface area contributed by atoms with Crippen LogP contribution in [0.4, 0.5) is 0 Å². The zero-order chi connectivity index (χ0) is 12.3. The van der Waals surface area contributed by atoms with Gasteiger partial charge in [-0.3, -0.25) is 0 Å². The van der Waals surface area contributed by atoms with Crippen molar-refractivity contribution in [1.29, 1.82) is 0 Å². The number of hydrogen-bond acceptors (Lipinski definition) is 1. The lowest BCUT2D eigenvalue weighted by Gasteiger charge is -2.26. The second-order valence-electron chi connectivity index (χ2n) is 5.62. The van der Waals surface area contributed by atoms with Crippen LogP contribution in [0.1, 0.15) is 56.1 Å². The summed E-state index contributed by atoms with van der Waals surface area (Å²) in [5.41, 5.74) is 3.03. The minimum absolute atomic E-state index is 0.637. The molecule has 0 bridgehead atoms. The number of rotatable bonds is 5. The van der Waals surface area contributed by atoms with Crippen LogP contribution in [0, 0.1) is 5.92 Å². The summed E-state index contributed by atoms with van der Waals surface area (Å²) in [6.45, 7) is 5.74. The Morgan fingerprint density at radius 1 is 1.18 bits per heavy atom. The fraction of sp³-hybridized carbons (Fsp3) is 0.625. The Kier molecular flexibility index (Phi) is 4.22. The molecule has 1 N–H and O–H groups in total. The lowest BCUT2D eigenvalue weighted by atomic mass is 9.79. The Hall–Kier alpha value is -0.820. The first-order valence-electron chi connectivity index (χ1n) is 6.97. The maximum absolute atomic E-state index is 3.27. The van der Waals surface area contributed by atoms with Crippen molar-refractivity contribution in [2.45, 2.75) is 44.9 Å². The fourth-order valence-corrected chi connectivity index (χ4v) is 2.64. The molecule has 0 amide bonds. The molecule has 17 heavy (non-hydrogen) atoms. The number of benzene rings is 1. The number of nitrogens with one attached hydrogen (secondary N) is 1. The standard InChI is InChI=1S/C16H25N/c1-12(11-17-3)13(2)14-7-9-16(10-8-14)15-5-4-6-15/h7-10,12-13,15,17H,4-6,11H2,1-3H3. The fourth-order valence-electron chi connectivity index (χ4n) is 2.64. The monoisotopic (exact) mass is 231 g/mol. The van der Waals surface area contributed by atoms with Crippen LogP contribution in [-0.4, -0.2) is 13.6 Å². The van der Waals surface area contributed by atoms with E-state index in [1.807, 2.05) is 7.05 Å². The van der Waals surface area contributed by atoms with Gasteiger partial charge in [-0.05, 0) is 55.3 Å². The Balaban J connectivity index is 2.01. The van der Waals surface area contributed by atoms with Crippen LogP contribution < -0.4 is 5.32 Å². The third-order valence-electron chi connectivity index (χ3n) is 4.42. The molecule has 1 aliphatic rings. The predicted molar refractivity (Wildman–Crippen MR) is 74.5 cm³/mol. The Bertz CT molecular complexity index is 337. The largest absolute Gasteiger partial charge is 0.319 e. The molecule has 0 radical (unpaired) electrons. The first kappa shape index (κ1) is 12.6. The highest BCUT2D eigenvalue weighted by Crippen LogP contribution is 2.36. The summed E-state index contributed by atoms with van der Waals surface area (Å²) in [6, 6.07) is 9.37.